The average Bonchev–Trinajstić information content (AvgIpc) is 2.82. The van der Waals surface area contributed by atoms with Crippen molar-refractivity contribution in [2.24, 2.45) is 0 Å². The molecule has 1 fully saturated rings. The molecular weight excluding hydrogens is 352 g/mol. The third-order valence-electron chi connectivity index (χ3n) is 4.96. The van der Waals surface area contributed by atoms with Gasteiger partial charge in [0.05, 0.1) is 16.9 Å². The summed E-state index contributed by atoms with van der Waals surface area (Å²) in [5.74, 6) is 0.353. The van der Waals surface area contributed by atoms with E-state index in [1.165, 1.54) is 12.1 Å². The van der Waals surface area contributed by atoms with Gasteiger partial charge in [-0.05, 0) is 63.0 Å². The molecule has 0 saturated carbocycles. The van der Waals surface area contributed by atoms with Crippen LogP contribution in [0.3, 0.4) is 0 Å². The van der Waals surface area contributed by atoms with Gasteiger partial charge in [0.25, 0.3) is 0 Å². The second-order valence-corrected chi connectivity index (χ2v) is 7.59. The molecule has 0 atom stereocenters. The summed E-state index contributed by atoms with van der Waals surface area (Å²) in [5.41, 5.74) is 1.65. The van der Waals surface area contributed by atoms with Gasteiger partial charge in [-0.15, -0.1) is 0 Å². The van der Waals surface area contributed by atoms with E-state index in [0.29, 0.717) is 12.4 Å². The van der Waals surface area contributed by atoms with E-state index in [4.69, 9.17) is 14.0 Å². The molecule has 26 heavy (non-hydrogen) atoms. The van der Waals surface area contributed by atoms with Crippen molar-refractivity contribution >= 4 is 31.1 Å². The molecule has 2 aromatic carbocycles. The number of nitrogens with one attached hydrogen (secondary N) is 1. The lowest BCUT2D eigenvalue weighted by Crippen LogP contribution is -2.41. The molecule has 7 heteroatoms. The largest absolute Gasteiger partial charge is 0.494 e. The molecule has 0 bridgehead atoms. The third-order valence-corrected chi connectivity index (χ3v) is 5.20. The van der Waals surface area contributed by atoms with Crippen LogP contribution >= 0.6 is 12.8 Å². The number of halogens is 1. The van der Waals surface area contributed by atoms with Crippen LogP contribution in [0.4, 0.5) is 10.1 Å². The van der Waals surface area contributed by atoms with Crippen LogP contribution in [0.2, 0.25) is 0 Å². The first-order chi connectivity index (χ1) is 12.2. The highest BCUT2D eigenvalue weighted by Crippen LogP contribution is 2.37. The lowest BCUT2D eigenvalue weighted by atomic mass is 9.79. The third kappa shape index (κ3) is 3.85. The average molecular weight is 375 g/mol. The van der Waals surface area contributed by atoms with Gasteiger partial charge in [-0.2, -0.15) is 0 Å². The summed E-state index contributed by atoms with van der Waals surface area (Å²) in [4.78, 5) is 0. The molecule has 138 valence electrons. The van der Waals surface area contributed by atoms with E-state index >= 15 is 0 Å². The van der Waals surface area contributed by atoms with Crippen LogP contribution in [0.25, 0.3) is 0 Å². The Labute approximate surface area is 159 Å². The molecule has 3 rings (SSSR count). The second-order valence-electron chi connectivity index (χ2n) is 7.37. The zero-order chi connectivity index (χ0) is 18.9. The zero-order valence-electron chi connectivity index (χ0n) is 15.4. The summed E-state index contributed by atoms with van der Waals surface area (Å²) >= 11 is 4.13. The fourth-order valence-corrected chi connectivity index (χ4v) is 2.80. The number of ether oxygens (including phenoxy) is 1. The van der Waals surface area contributed by atoms with E-state index in [1.54, 1.807) is 12.1 Å². The maximum absolute atomic E-state index is 13.0. The highest BCUT2D eigenvalue weighted by Gasteiger charge is 2.51. The highest BCUT2D eigenvalue weighted by atomic mass is 32.1. The van der Waals surface area contributed by atoms with E-state index in [2.05, 4.69) is 17.5 Å². The van der Waals surface area contributed by atoms with E-state index in [9.17, 15) is 4.39 Å². The molecule has 1 N–H and O–H groups in total. The van der Waals surface area contributed by atoms with Crippen LogP contribution in [-0.2, 0) is 15.9 Å². The molecule has 1 heterocycles. The van der Waals surface area contributed by atoms with Crippen molar-refractivity contribution in [2.75, 3.05) is 4.72 Å². The quantitative estimate of drug-likeness (QED) is 0.613. The Morgan fingerprint density at radius 1 is 1.04 bits per heavy atom. The molecule has 0 aliphatic carbocycles. The number of hydrogen-bond acceptors (Lipinski definition) is 5. The number of benzene rings is 2. The van der Waals surface area contributed by atoms with Crippen molar-refractivity contribution in [3.8, 4) is 5.75 Å². The van der Waals surface area contributed by atoms with Gasteiger partial charge in [0.1, 0.15) is 18.2 Å². The summed E-state index contributed by atoms with van der Waals surface area (Å²) in [5, 5.41) is 0. The van der Waals surface area contributed by atoms with Crippen molar-refractivity contribution in [3.05, 3.63) is 53.8 Å². The van der Waals surface area contributed by atoms with Crippen molar-refractivity contribution < 1.29 is 18.4 Å². The molecular formula is C19H23BFNO3S. The van der Waals surface area contributed by atoms with E-state index in [-0.39, 0.29) is 5.82 Å². The molecule has 0 aromatic heterocycles. The van der Waals surface area contributed by atoms with Gasteiger partial charge >= 0.3 is 7.12 Å². The molecule has 0 radical (unpaired) electrons. The summed E-state index contributed by atoms with van der Waals surface area (Å²) in [6.45, 7) is 8.38. The van der Waals surface area contributed by atoms with E-state index < -0.39 is 18.3 Å². The zero-order valence-corrected chi connectivity index (χ0v) is 16.3. The van der Waals surface area contributed by atoms with Gasteiger partial charge in [-0.3, -0.25) is 0 Å². The number of rotatable bonds is 5. The summed E-state index contributed by atoms with van der Waals surface area (Å²) in [6, 6.07) is 11.9. The molecule has 4 nitrogen and oxygen atoms in total. The van der Waals surface area contributed by atoms with Crippen LogP contribution < -0.4 is 14.9 Å². The smallest absolute Gasteiger partial charge is 0.487 e. The van der Waals surface area contributed by atoms with E-state index in [0.717, 1.165) is 16.7 Å². The number of hydrogen-bond donors (Lipinski definition) is 2. The van der Waals surface area contributed by atoms with Crippen LogP contribution in [0.5, 0.6) is 5.75 Å². The van der Waals surface area contributed by atoms with Crippen molar-refractivity contribution in [1.29, 1.82) is 0 Å². The molecule has 2 aromatic rings. The Morgan fingerprint density at radius 2 is 1.65 bits per heavy atom. The van der Waals surface area contributed by atoms with Crippen molar-refractivity contribution in [1.82, 2.24) is 0 Å². The summed E-state index contributed by atoms with van der Waals surface area (Å²) < 4.78 is 34.0. The normalized spacial score (nSPS) is 18.0. The van der Waals surface area contributed by atoms with Gasteiger partial charge < -0.3 is 18.8 Å². The van der Waals surface area contributed by atoms with Gasteiger partial charge in [-0.1, -0.05) is 31.0 Å². The molecule has 0 unspecified atom stereocenters. The van der Waals surface area contributed by atoms with Crippen LogP contribution in [0.15, 0.2) is 42.5 Å². The Kier molecular flexibility index (Phi) is 5.24. The standard InChI is InChI=1S/C19H23BFNO3S/c1-18(2)19(3,4)25-20(24-18)14-7-10-16(22-26)17(11-14)23-12-13-5-8-15(21)9-6-13/h5-11,22,26H,12H2,1-4H3. The summed E-state index contributed by atoms with van der Waals surface area (Å²) in [7, 11) is -0.470. The maximum Gasteiger partial charge on any atom is 0.494 e. The van der Waals surface area contributed by atoms with Crippen LogP contribution in [-0.4, -0.2) is 18.3 Å². The monoisotopic (exact) mass is 375 g/mol. The summed E-state index contributed by atoms with van der Waals surface area (Å²) in [6.07, 6.45) is 0. The lowest BCUT2D eigenvalue weighted by molar-refractivity contribution is 0.00578. The van der Waals surface area contributed by atoms with Gasteiger partial charge in [-0.25, -0.2) is 4.39 Å². The first-order valence-corrected chi connectivity index (χ1v) is 8.93. The Balaban J connectivity index is 1.80. The molecule has 0 amide bonds. The van der Waals surface area contributed by atoms with E-state index in [1.807, 2.05) is 45.9 Å². The predicted molar refractivity (Wildman–Crippen MR) is 105 cm³/mol. The van der Waals surface area contributed by atoms with Crippen molar-refractivity contribution in [2.45, 2.75) is 45.5 Å². The fraction of sp³-hybridized carbons (Fsp3) is 0.368. The topological polar surface area (TPSA) is 39.7 Å². The lowest BCUT2D eigenvalue weighted by Gasteiger charge is -2.32. The predicted octanol–water partition coefficient (Wildman–Crippen LogP) is 3.96. The Bertz CT molecular complexity index is 767. The SMILES string of the molecule is CC1(C)OB(c2ccc(NS)c(OCc3ccc(F)cc3)c2)OC1(C)C. The van der Waals surface area contributed by atoms with Crippen LogP contribution in [0.1, 0.15) is 33.3 Å². The Morgan fingerprint density at radius 3 is 2.23 bits per heavy atom. The minimum atomic E-state index is -0.470. The van der Waals surface area contributed by atoms with Gasteiger partial charge in [0.15, 0.2) is 0 Å². The van der Waals surface area contributed by atoms with Gasteiger partial charge in [0.2, 0.25) is 0 Å². The second kappa shape index (κ2) is 7.14. The van der Waals surface area contributed by atoms with Crippen molar-refractivity contribution in [3.63, 3.8) is 0 Å². The fourth-order valence-electron chi connectivity index (χ4n) is 2.62. The molecule has 0 spiro atoms. The highest BCUT2D eigenvalue weighted by molar-refractivity contribution is 7.81. The maximum atomic E-state index is 13.0. The number of thiol groups is 1. The van der Waals surface area contributed by atoms with Crippen LogP contribution in [0, 0.1) is 5.82 Å². The Hall–Kier alpha value is -1.70. The number of anilines is 1. The molecule has 1 aliphatic heterocycles. The first-order valence-electron chi connectivity index (χ1n) is 8.49. The van der Waals surface area contributed by atoms with Gasteiger partial charge in [0, 0.05) is 0 Å². The minimum Gasteiger partial charge on any atom is -0.487 e. The molecule has 1 saturated heterocycles. The minimum absolute atomic E-state index is 0.269. The first kappa shape index (κ1) is 19.1. The molecule has 1 aliphatic rings.